The minimum atomic E-state index is -0.219. The molecule has 0 aliphatic heterocycles. The SMILES string of the molecule is COc1ccc2nnc(CNC(=O)c3c(C)n[nH]c3C)n2n1. The first-order valence-electron chi connectivity index (χ1n) is 6.65. The molecule has 1 amide bonds. The van der Waals surface area contributed by atoms with Crippen LogP contribution >= 0.6 is 0 Å². The zero-order chi connectivity index (χ0) is 15.7. The maximum atomic E-state index is 12.2. The zero-order valence-corrected chi connectivity index (χ0v) is 12.4. The Balaban J connectivity index is 1.81. The summed E-state index contributed by atoms with van der Waals surface area (Å²) in [6.45, 7) is 3.77. The molecule has 22 heavy (non-hydrogen) atoms. The molecule has 3 heterocycles. The molecule has 114 valence electrons. The molecule has 0 atom stereocenters. The number of fused-ring (bicyclic) bond motifs is 1. The van der Waals surface area contributed by atoms with Gasteiger partial charge < -0.3 is 10.1 Å². The standard InChI is InChI=1S/C13H15N7O2/c1-7-12(8(2)16-15-7)13(21)14-6-10-18-17-9-4-5-11(22-3)19-20(9)10/h4-5H,6H2,1-3H3,(H,14,21)(H,15,16). The van der Waals surface area contributed by atoms with E-state index in [9.17, 15) is 4.79 Å². The number of carbonyl (C=O) groups is 1. The van der Waals surface area contributed by atoms with E-state index in [-0.39, 0.29) is 12.5 Å². The summed E-state index contributed by atoms with van der Waals surface area (Å²) in [7, 11) is 1.53. The van der Waals surface area contributed by atoms with Crippen LogP contribution < -0.4 is 10.1 Å². The van der Waals surface area contributed by atoms with E-state index >= 15 is 0 Å². The number of aromatic amines is 1. The number of rotatable bonds is 4. The van der Waals surface area contributed by atoms with Gasteiger partial charge in [-0.05, 0) is 19.9 Å². The van der Waals surface area contributed by atoms with Crippen LogP contribution in [0.1, 0.15) is 27.6 Å². The van der Waals surface area contributed by atoms with Crippen molar-refractivity contribution in [1.82, 2.24) is 35.3 Å². The van der Waals surface area contributed by atoms with E-state index in [0.29, 0.717) is 28.6 Å². The first-order valence-corrected chi connectivity index (χ1v) is 6.65. The Morgan fingerprint density at radius 1 is 1.36 bits per heavy atom. The van der Waals surface area contributed by atoms with Crippen molar-refractivity contribution in [2.24, 2.45) is 0 Å². The van der Waals surface area contributed by atoms with Crippen molar-refractivity contribution in [2.45, 2.75) is 20.4 Å². The number of aryl methyl sites for hydroxylation is 2. The molecule has 0 bridgehead atoms. The second-order valence-electron chi connectivity index (χ2n) is 4.75. The molecule has 9 heteroatoms. The molecule has 0 aliphatic carbocycles. The van der Waals surface area contributed by atoms with Crippen molar-refractivity contribution in [3.8, 4) is 5.88 Å². The van der Waals surface area contributed by atoms with E-state index in [1.165, 1.54) is 11.6 Å². The van der Waals surface area contributed by atoms with Gasteiger partial charge in [0.25, 0.3) is 5.91 Å². The topological polar surface area (TPSA) is 110 Å². The van der Waals surface area contributed by atoms with Gasteiger partial charge in [-0.15, -0.1) is 15.3 Å². The van der Waals surface area contributed by atoms with Gasteiger partial charge in [0, 0.05) is 11.8 Å². The average molecular weight is 301 g/mol. The predicted molar refractivity (Wildman–Crippen MR) is 76.6 cm³/mol. The van der Waals surface area contributed by atoms with Crippen LogP contribution in [0.25, 0.3) is 5.65 Å². The predicted octanol–water partition coefficient (Wildman–Crippen LogP) is 0.403. The maximum absolute atomic E-state index is 12.2. The summed E-state index contributed by atoms with van der Waals surface area (Å²) < 4.78 is 6.61. The Morgan fingerprint density at radius 2 is 2.18 bits per heavy atom. The Hall–Kier alpha value is -2.97. The van der Waals surface area contributed by atoms with Gasteiger partial charge in [0.1, 0.15) is 0 Å². The molecule has 0 aliphatic rings. The second kappa shape index (κ2) is 5.43. The molecule has 0 radical (unpaired) electrons. The Kier molecular flexibility index (Phi) is 3.45. The third-order valence-electron chi connectivity index (χ3n) is 3.27. The van der Waals surface area contributed by atoms with Crippen molar-refractivity contribution < 1.29 is 9.53 Å². The first kappa shape index (κ1) is 14.0. The van der Waals surface area contributed by atoms with Crippen LogP contribution in [0, 0.1) is 13.8 Å². The molecule has 0 spiro atoms. The number of ether oxygens (including phenoxy) is 1. The number of nitrogens with zero attached hydrogens (tertiary/aromatic N) is 5. The highest BCUT2D eigenvalue weighted by Crippen LogP contribution is 2.10. The highest BCUT2D eigenvalue weighted by molar-refractivity contribution is 5.96. The molecule has 9 nitrogen and oxygen atoms in total. The number of methoxy groups -OCH3 is 1. The lowest BCUT2D eigenvalue weighted by Gasteiger charge is -2.04. The minimum Gasteiger partial charge on any atom is -0.480 e. The molecule has 0 saturated heterocycles. The minimum absolute atomic E-state index is 0.199. The normalized spacial score (nSPS) is 10.9. The molecule has 0 unspecified atom stereocenters. The molecule has 3 aromatic rings. The molecule has 3 aromatic heterocycles. The van der Waals surface area contributed by atoms with Gasteiger partial charge in [0.05, 0.1) is 24.9 Å². The molecule has 2 N–H and O–H groups in total. The van der Waals surface area contributed by atoms with Gasteiger partial charge in [-0.25, -0.2) is 0 Å². The number of carbonyl (C=O) groups excluding carboxylic acids is 1. The van der Waals surface area contributed by atoms with E-state index in [1.54, 1.807) is 26.0 Å². The van der Waals surface area contributed by atoms with Crippen molar-refractivity contribution in [3.05, 3.63) is 34.9 Å². The lowest BCUT2D eigenvalue weighted by molar-refractivity contribution is 0.0948. The molecule has 0 fully saturated rings. The molecule has 0 aromatic carbocycles. The van der Waals surface area contributed by atoms with Gasteiger partial charge in [0.15, 0.2) is 11.5 Å². The van der Waals surface area contributed by atoms with Gasteiger partial charge in [-0.1, -0.05) is 0 Å². The van der Waals surface area contributed by atoms with E-state index in [2.05, 4.69) is 30.8 Å². The second-order valence-corrected chi connectivity index (χ2v) is 4.75. The lowest BCUT2D eigenvalue weighted by atomic mass is 10.2. The summed E-state index contributed by atoms with van der Waals surface area (Å²) in [4.78, 5) is 12.2. The van der Waals surface area contributed by atoms with Gasteiger partial charge in [-0.2, -0.15) is 9.61 Å². The van der Waals surface area contributed by atoms with Crippen LogP contribution in [0.2, 0.25) is 0 Å². The Morgan fingerprint density at radius 3 is 2.86 bits per heavy atom. The summed E-state index contributed by atoms with van der Waals surface area (Å²) >= 11 is 0. The summed E-state index contributed by atoms with van der Waals surface area (Å²) in [5, 5.41) is 21.8. The summed E-state index contributed by atoms with van der Waals surface area (Å²) in [6.07, 6.45) is 0. The lowest BCUT2D eigenvalue weighted by Crippen LogP contribution is -2.25. The number of amides is 1. The Bertz CT molecular complexity index is 817. The van der Waals surface area contributed by atoms with Crippen LogP contribution in [0.4, 0.5) is 0 Å². The van der Waals surface area contributed by atoms with Gasteiger partial charge in [0.2, 0.25) is 5.88 Å². The molecular weight excluding hydrogens is 286 g/mol. The van der Waals surface area contributed by atoms with Crippen molar-refractivity contribution in [3.63, 3.8) is 0 Å². The number of nitrogens with one attached hydrogen (secondary N) is 2. The van der Waals surface area contributed by atoms with Gasteiger partial charge >= 0.3 is 0 Å². The summed E-state index contributed by atoms with van der Waals surface area (Å²) in [6, 6.07) is 3.44. The average Bonchev–Trinajstić information content (AvgIpc) is 3.07. The zero-order valence-electron chi connectivity index (χ0n) is 12.4. The number of H-pyrrole nitrogens is 1. The highest BCUT2D eigenvalue weighted by Gasteiger charge is 2.16. The van der Waals surface area contributed by atoms with Gasteiger partial charge in [-0.3, -0.25) is 9.89 Å². The van der Waals surface area contributed by atoms with Crippen LogP contribution in [0.3, 0.4) is 0 Å². The van der Waals surface area contributed by atoms with Crippen LogP contribution in [0.15, 0.2) is 12.1 Å². The third kappa shape index (κ3) is 2.36. The van der Waals surface area contributed by atoms with Crippen LogP contribution in [-0.4, -0.2) is 43.0 Å². The van der Waals surface area contributed by atoms with Crippen molar-refractivity contribution in [2.75, 3.05) is 7.11 Å². The fraction of sp³-hybridized carbons (Fsp3) is 0.308. The fourth-order valence-corrected chi connectivity index (χ4v) is 2.17. The van der Waals surface area contributed by atoms with Crippen LogP contribution in [0.5, 0.6) is 5.88 Å². The Labute approximate surface area is 125 Å². The summed E-state index contributed by atoms with van der Waals surface area (Å²) in [5.41, 5.74) is 2.50. The number of aromatic nitrogens is 6. The number of hydrogen-bond acceptors (Lipinski definition) is 6. The summed E-state index contributed by atoms with van der Waals surface area (Å²) in [5.74, 6) is 0.742. The first-order chi connectivity index (χ1) is 10.6. The molecular formula is C13H15N7O2. The number of hydrogen-bond donors (Lipinski definition) is 2. The molecule has 3 rings (SSSR count). The molecule has 0 saturated carbocycles. The quantitative estimate of drug-likeness (QED) is 0.722. The van der Waals surface area contributed by atoms with Crippen LogP contribution in [-0.2, 0) is 6.54 Å². The monoisotopic (exact) mass is 301 g/mol. The maximum Gasteiger partial charge on any atom is 0.255 e. The van der Waals surface area contributed by atoms with Crippen molar-refractivity contribution in [1.29, 1.82) is 0 Å². The van der Waals surface area contributed by atoms with E-state index in [0.717, 1.165) is 5.69 Å². The fourth-order valence-electron chi connectivity index (χ4n) is 2.17. The largest absolute Gasteiger partial charge is 0.480 e. The van der Waals surface area contributed by atoms with E-state index in [1.807, 2.05) is 0 Å². The van der Waals surface area contributed by atoms with E-state index < -0.39 is 0 Å². The highest BCUT2D eigenvalue weighted by atomic mass is 16.5. The van der Waals surface area contributed by atoms with Crippen molar-refractivity contribution >= 4 is 11.6 Å². The van der Waals surface area contributed by atoms with E-state index in [4.69, 9.17) is 4.74 Å². The smallest absolute Gasteiger partial charge is 0.255 e. The third-order valence-corrected chi connectivity index (χ3v) is 3.27.